The minimum atomic E-state index is -0.00120. The fourth-order valence-electron chi connectivity index (χ4n) is 1.10. The van der Waals surface area contributed by atoms with E-state index in [0.717, 1.165) is 5.65 Å². The molecule has 0 aliphatic carbocycles. The lowest BCUT2D eigenvalue weighted by atomic mass is 10.3. The number of Topliss-reactive ketones (excluding diaryl/α,β-unsaturated/α-hetero) is 1. The predicted octanol–water partition coefficient (Wildman–Crippen LogP) is 1.54. The van der Waals surface area contributed by atoms with Crippen molar-refractivity contribution in [3.63, 3.8) is 0 Å². The summed E-state index contributed by atoms with van der Waals surface area (Å²) in [6, 6.07) is 5.66. The summed E-state index contributed by atoms with van der Waals surface area (Å²) in [7, 11) is 0. The molecule has 0 aliphatic rings. The highest BCUT2D eigenvalue weighted by atomic mass is 16.1. The first kappa shape index (κ1) is 7.03. The Hall–Kier alpha value is -1.64. The van der Waals surface area contributed by atoms with Crippen molar-refractivity contribution in [3.05, 3.63) is 36.3 Å². The second kappa shape index (κ2) is 2.44. The van der Waals surface area contributed by atoms with E-state index in [1.54, 1.807) is 6.20 Å². The first-order valence-electron chi connectivity index (χ1n) is 3.72. The number of aromatic nitrogens is 2. The van der Waals surface area contributed by atoms with Crippen LogP contribution in [0.5, 0.6) is 0 Å². The average molecular weight is 160 g/mol. The highest BCUT2D eigenvalue weighted by molar-refractivity contribution is 5.92. The fourth-order valence-corrected chi connectivity index (χ4v) is 1.10. The summed E-state index contributed by atoms with van der Waals surface area (Å²) in [6.45, 7) is 1.52. The molecule has 0 fully saturated rings. The molecule has 0 amide bonds. The summed E-state index contributed by atoms with van der Waals surface area (Å²) in [5, 5.41) is 0. The number of carbonyl (C=O) groups excluding carboxylic acids is 1. The monoisotopic (exact) mass is 160 g/mol. The van der Waals surface area contributed by atoms with Crippen molar-refractivity contribution in [2.45, 2.75) is 6.92 Å². The minimum Gasteiger partial charge on any atom is -0.306 e. The van der Waals surface area contributed by atoms with E-state index in [1.165, 1.54) is 6.92 Å². The number of rotatable bonds is 1. The lowest BCUT2D eigenvalue weighted by molar-refractivity contribution is 0.101. The van der Waals surface area contributed by atoms with Crippen molar-refractivity contribution < 1.29 is 4.79 Å². The van der Waals surface area contributed by atoms with Gasteiger partial charge in [-0.15, -0.1) is 0 Å². The highest BCUT2D eigenvalue weighted by Crippen LogP contribution is 2.04. The van der Waals surface area contributed by atoms with Crippen molar-refractivity contribution >= 4 is 11.4 Å². The number of fused-ring (bicyclic) bond motifs is 1. The Morgan fingerprint density at radius 1 is 1.50 bits per heavy atom. The molecule has 0 spiro atoms. The summed E-state index contributed by atoms with van der Waals surface area (Å²) in [6.07, 6.45) is 3.60. The number of pyridine rings is 1. The van der Waals surface area contributed by atoms with Gasteiger partial charge < -0.3 is 4.40 Å². The molecule has 2 aromatic heterocycles. The summed E-state index contributed by atoms with van der Waals surface area (Å²) in [4.78, 5) is 15.1. The molecule has 0 N–H and O–H groups in total. The van der Waals surface area contributed by atoms with Gasteiger partial charge in [-0.25, -0.2) is 4.98 Å². The van der Waals surface area contributed by atoms with Gasteiger partial charge in [-0.3, -0.25) is 4.79 Å². The Kier molecular flexibility index (Phi) is 1.43. The molecule has 2 rings (SSSR count). The third kappa shape index (κ3) is 0.993. The molecule has 2 aromatic rings. The minimum absolute atomic E-state index is 0.00120. The third-order valence-corrected chi connectivity index (χ3v) is 1.72. The van der Waals surface area contributed by atoms with Gasteiger partial charge in [0.25, 0.3) is 0 Å². The van der Waals surface area contributed by atoms with Crippen LogP contribution >= 0.6 is 0 Å². The Labute approximate surface area is 69.7 Å². The summed E-state index contributed by atoms with van der Waals surface area (Å²) < 4.78 is 1.83. The van der Waals surface area contributed by atoms with E-state index < -0.39 is 0 Å². The SMILES string of the molecule is CC(=O)c1cn2ccccc2n1. The van der Waals surface area contributed by atoms with Gasteiger partial charge >= 0.3 is 0 Å². The van der Waals surface area contributed by atoms with Gasteiger partial charge in [0.05, 0.1) is 0 Å². The highest BCUT2D eigenvalue weighted by Gasteiger charge is 2.03. The zero-order chi connectivity index (χ0) is 8.55. The fraction of sp³-hybridized carbons (Fsp3) is 0.111. The van der Waals surface area contributed by atoms with Gasteiger partial charge in [-0.2, -0.15) is 0 Å². The Morgan fingerprint density at radius 3 is 3.00 bits per heavy atom. The second-order valence-electron chi connectivity index (χ2n) is 2.65. The standard InChI is InChI=1S/C9H8N2O/c1-7(12)8-6-11-5-3-2-4-9(11)10-8/h2-6H,1H3. The smallest absolute Gasteiger partial charge is 0.179 e. The Morgan fingerprint density at radius 2 is 2.33 bits per heavy atom. The molecule has 3 heteroatoms. The van der Waals surface area contributed by atoms with Crippen molar-refractivity contribution in [1.29, 1.82) is 0 Å². The van der Waals surface area contributed by atoms with E-state index >= 15 is 0 Å². The number of hydrogen-bond donors (Lipinski definition) is 0. The number of nitrogens with zero attached hydrogens (tertiary/aromatic N) is 2. The van der Waals surface area contributed by atoms with Crippen molar-refractivity contribution in [3.8, 4) is 0 Å². The van der Waals surface area contributed by atoms with E-state index in [0.29, 0.717) is 5.69 Å². The largest absolute Gasteiger partial charge is 0.306 e. The zero-order valence-corrected chi connectivity index (χ0v) is 6.69. The molecule has 0 aromatic carbocycles. The number of hydrogen-bond acceptors (Lipinski definition) is 2. The first-order valence-corrected chi connectivity index (χ1v) is 3.72. The van der Waals surface area contributed by atoms with Crippen LogP contribution in [0.4, 0.5) is 0 Å². The van der Waals surface area contributed by atoms with Gasteiger partial charge in [0.2, 0.25) is 0 Å². The molecular formula is C9H8N2O. The maximum Gasteiger partial charge on any atom is 0.179 e. The third-order valence-electron chi connectivity index (χ3n) is 1.72. The molecule has 60 valence electrons. The van der Waals surface area contributed by atoms with E-state index in [2.05, 4.69) is 4.98 Å². The van der Waals surface area contributed by atoms with Gasteiger partial charge in [0.1, 0.15) is 11.3 Å². The van der Waals surface area contributed by atoms with Gasteiger partial charge in [0.15, 0.2) is 5.78 Å². The van der Waals surface area contributed by atoms with Gasteiger partial charge in [0, 0.05) is 19.3 Å². The maximum atomic E-state index is 10.9. The van der Waals surface area contributed by atoms with Gasteiger partial charge in [-0.1, -0.05) is 6.07 Å². The molecule has 0 radical (unpaired) electrons. The Bertz CT molecular complexity index is 398. The van der Waals surface area contributed by atoms with E-state index in [9.17, 15) is 4.79 Å². The second-order valence-corrected chi connectivity index (χ2v) is 2.65. The van der Waals surface area contributed by atoms with Gasteiger partial charge in [-0.05, 0) is 12.1 Å². The predicted molar refractivity (Wildman–Crippen MR) is 45.2 cm³/mol. The number of ketones is 1. The average Bonchev–Trinajstić information content (AvgIpc) is 2.46. The van der Waals surface area contributed by atoms with Crippen molar-refractivity contribution in [2.24, 2.45) is 0 Å². The van der Waals surface area contributed by atoms with E-state index in [4.69, 9.17) is 0 Å². The molecule has 2 heterocycles. The quantitative estimate of drug-likeness (QED) is 0.593. The summed E-state index contributed by atoms with van der Waals surface area (Å²) >= 11 is 0. The van der Waals surface area contributed by atoms with Crippen molar-refractivity contribution in [1.82, 2.24) is 9.38 Å². The molecule has 0 unspecified atom stereocenters. The zero-order valence-electron chi connectivity index (χ0n) is 6.69. The molecule has 12 heavy (non-hydrogen) atoms. The molecule has 3 nitrogen and oxygen atoms in total. The molecular weight excluding hydrogens is 152 g/mol. The maximum absolute atomic E-state index is 10.9. The van der Waals surface area contributed by atoms with Crippen molar-refractivity contribution in [2.75, 3.05) is 0 Å². The molecule has 0 saturated heterocycles. The summed E-state index contributed by atoms with van der Waals surface area (Å²) in [5.41, 5.74) is 1.32. The molecule has 0 saturated carbocycles. The van der Waals surface area contributed by atoms with Crippen LogP contribution in [0.3, 0.4) is 0 Å². The molecule has 0 aliphatic heterocycles. The number of imidazole rings is 1. The van der Waals surface area contributed by atoms with Crippen LogP contribution < -0.4 is 0 Å². The Balaban J connectivity index is 2.70. The molecule has 0 bridgehead atoms. The van der Waals surface area contributed by atoms with Crippen LogP contribution in [0, 0.1) is 0 Å². The lowest BCUT2D eigenvalue weighted by Gasteiger charge is -1.86. The number of carbonyl (C=O) groups is 1. The van der Waals surface area contributed by atoms with Crippen LogP contribution in [0.1, 0.15) is 17.4 Å². The van der Waals surface area contributed by atoms with Crippen LogP contribution in [0.15, 0.2) is 30.6 Å². The first-order chi connectivity index (χ1) is 5.77. The topological polar surface area (TPSA) is 34.4 Å². The van der Waals surface area contributed by atoms with Crippen LogP contribution in [0.25, 0.3) is 5.65 Å². The molecule has 0 atom stereocenters. The van der Waals surface area contributed by atoms with Crippen LogP contribution in [-0.2, 0) is 0 Å². The van der Waals surface area contributed by atoms with E-state index in [1.807, 2.05) is 28.8 Å². The van der Waals surface area contributed by atoms with Crippen LogP contribution in [0.2, 0.25) is 0 Å². The summed E-state index contributed by atoms with van der Waals surface area (Å²) in [5.74, 6) is -0.00120. The normalized spacial score (nSPS) is 10.4. The van der Waals surface area contributed by atoms with E-state index in [-0.39, 0.29) is 5.78 Å². The lowest BCUT2D eigenvalue weighted by Crippen LogP contribution is -1.89. The van der Waals surface area contributed by atoms with Crippen LogP contribution in [-0.4, -0.2) is 15.2 Å².